The van der Waals surface area contributed by atoms with Crippen LogP contribution < -0.4 is 10.1 Å². The maximum absolute atomic E-state index is 9.96. The zero-order chi connectivity index (χ0) is 15.8. The molecule has 120 valence electrons. The van der Waals surface area contributed by atoms with E-state index in [1.165, 1.54) is 0 Å². The van der Waals surface area contributed by atoms with Gasteiger partial charge in [-0.15, -0.1) is 0 Å². The van der Waals surface area contributed by atoms with Crippen LogP contribution in [0.25, 0.3) is 0 Å². The van der Waals surface area contributed by atoms with Crippen LogP contribution in [0.2, 0.25) is 10.0 Å². The minimum Gasteiger partial charge on any atom is -0.491 e. The van der Waals surface area contributed by atoms with Gasteiger partial charge in [-0.1, -0.05) is 49.9 Å². The fourth-order valence-corrected chi connectivity index (χ4v) is 2.59. The second-order valence-corrected chi connectivity index (χ2v) is 6.13. The van der Waals surface area contributed by atoms with Crippen LogP contribution in [0.5, 0.6) is 5.75 Å². The van der Waals surface area contributed by atoms with Gasteiger partial charge >= 0.3 is 0 Å². The van der Waals surface area contributed by atoms with E-state index < -0.39 is 6.10 Å². The fourth-order valence-electron chi connectivity index (χ4n) is 2.30. The second-order valence-electron chi connectivity index (χ2n) is 5.31. The van der Waals surface area contributed by atoms with Gasteiger partial charge in [0.05, 0.1) is 10.0 Å². The molecule has 21 heavy (non-hydrogen) atoms. The Bertz CT molecular complexity index is 425. The Morgan fingerprint density at radius 2 is 1.86 bits per heavy atom. The maximum atomic E-state index is 9.96. The van der Waals surface area contributed by atoms with Gasteiger partial charge in [0.15, 0.2) is 0 Å². The Kier molecular flexibility index (Phi) is 8.42. The lowest BCUT2D eigenvalue weighted by Gasteiger charge is -2.24. The molecule has 1 rings (SSSR count). The molecular formula is C16H25Cl2NO2. The molecule has 1 aromatic carbocycles. The van der Waals surface area contributed by atoms with Crippen molar-refractivity contribution >= 4 is 23.2 Å². The van der Waals surface area contributed by atoms with Gasteiger partial charge in [-0.2, -0.15) is 0 Å². The van der Waals surface area contributed by atoms with Gasteiger partial charge in [-0.3, -0.25) is 0 Å². The van der Waals surface area contributed by atoms with Crippen molar-refractivity contribution in [2.75, 3.05) is 13.2 Å². The normalized spacial score (nSPS) is 14.2. The van der Waals surface area contributed by atoms with Crippen molar-refractivity contribution in [1.29, 1.82) is 0 Å². The molecule has 0 aliphatic rings. The Labute approximate surface area is 137 Å². The van der Waals surface area contributed by atoms with E-state index in [9.17, 15) is 5.11 Å². The monoisotopic (exact) mass is 333 g/mol. The molecule has 0 fully saturated rings. The van der Waals surface area contributed by atoms with Crippen molar-refractivity contribution < 1.29 is 9.84 Å². The lowest BCUT2D eigenvalue weighted by atomic mass is 9.95. The number of hydrogen-bond acceptors (Lipinski definition) is 3. The standard InChI is InChI=1S/C16H25Cl2NO2/c1-4-12(5-2)11(3)19-9-13(20)10-21-14-6-7-15(17)16(18)8-14/h6-8,11-13,19-20H,4-5,9-10H2,1-3H3. The average Bonchev–Trinajstić information content (AvgIpc) is 2.47. The first-order valence-electron chi connectivity index (χ1n) is 7.47. The van der Waals surface area contributed by atoms with Crippen molar-refractivity contribution in [2.24, 2.45) is 5.92 Å². The van der Waals surface area contributed by atoms with E-state index in [0.29, 0.717) is 34.3 Å². The third-order valence-corrected chi connectivity index (χ3v) is 4.50. The van der Waals surface area contributed by atoms with Gasteiger partial charge in [-0.05, 0) is 25.0 Å². The largest absolute Gasteiger partial charge is 0.491 e. The molecule has 0 aliphatic carbocycles. The maximum Gasteiger partial charge on any atom is 0.121 e. The summed E-state index contributed by atoms with van der Waals surface area (Å²) in [5.74, 6) is 1.24. The number of rotatable bonds is 9. The molecule has 0 aromatic heterocycles. The highest BCUT2D eigenvalue weighted by molar-refractivity contribution is 6.42. The number of benzene rings is 1. The highest BCUT2D eigenvalue weighted by atomic mass is 35.5. The molecule has 0 spiro atoms. The molecule has 0 aliphatic heterocycles. The lowest BCUT2D eigenvalue weighted by molar-refractivity contribution is 0.101. The molecule has 0 amide bonds. The van der Waals surface area contributed by atoms with Gasteiger partial charge in [-0.25, -0.2) is 0 Å². The lowest BCUT2D eigenvalue weighted by Crippen LogP contribution is -2.40. The molecule has 3 nitrogen and oxygen atoms in total. The molecule has 2 atom stereocenters. The summed E-state index contributed by atoms with van der Waals surface area (Å²) < 4.78 is 5.52. The molecule has 2 N–H and O–H groups in total. The van der Waals surface area contributed by atoms with Crippen molar-refractivity contribution in [2.45, 2.75) is 45.8 Å². The quantitative estimate of drug-likeness (QED) is 0.713. The minimum absolute atomic E-state index is 0.223. The Balaban J connectivity index is 2.33. The van der Waals surface area contributed by atoms with Gasteiger partial charge in [0, 0.05) is 18.7 Å². The van der Waals surface area contributed by atoms with Crippen LogP contribution >= 0.6 is 23.2 Å². The van der Waals surface area contributed by atoms with Crippen LogP contribution in [0, 0.1) is 5.92 Å². The van der Waals surface area contributed by atoms with Gasteiger partial charge in [0.25, 0.3) is 0 Å². The van der Waals surface area contributed by atoms with E-state index in [1.54, 1.807) is 18.2 Å². The number of halogens is 2. The highest BCUT2D eigenvalue weighted by Crippen LogP contribution is 2.26. The number of aliphatic hydroxyl groups excluding tert-OH is 1. The summed E-state index contributed by atoms with van der Waals surface area (Å²) in [6, 6.07) is 5.46. The zero-order valence-electron chi connectivity index (χ0n) is 12.9. The first kappa shape index (κ1) is 18.6. The molecule has 0 saturated carbocycles. The van der Waals surface area contributed by atoms with E-state index in [1.807, 2.05) is 0 Å². The molecule has 2 unspecified atom stereocenters. The van der Waals surface area contributed by atoms with Gasteiger partial charge in [0.2, 0.25) is 0 Å². The van der Waals surface area contributed by atoms with Crippen molar-refractivity contribution in [3.63, 3.8) is 0 Å². The Morgan fingerprint density at radius 3 is 2.43 bits per heavy atom. The van der Waals surface area contributed by atoms with Crippen molar-refractivity contribution in [3.8, 4) is 5.75 Å². The number of ether oxygens (including phenoxy) is 1. The summed E-state index contributed by atoms with van der Waals surface area (Å²) >= 11 is 11.7. The summed E-state index contributed by atoms with van der Waals surface area (Å²) in [5.41, 5.74) is 0. The van der Waals surface area contributed by atoms with E-state index in [-0.39, 0.29) is 6.61 Å². The van der Waals surface area contributed by atoms with Gasteiger partial charge < -0.3 is 15.2 Å². The van der Waals surface area contributed by atoms with Crippen LogP contribution in [0.1, 0.15) is 33.6 Å². The molecule has 0 saturated heterocycles. The number of nitrogens with one attached hydrogen (secondary N) is 1. The molecule has 0 bridgehead atoms. The van der Waals surface area contributed by atoms with Crippen LogP contribution in [-0.4, -0.2) is 30.4 Å². The molecular weight excluding hydrogens is 309 g/mol. The topological polar surface area (TPSA) is 41.5 Å². The third kappa shape index (κ3) is 6.43. The van der Waals surface area contributed by atoms with E-state index in [2.05, 4.69) is 26.1 Å². The van der Waals surface area contributed by atoms with Crippen LogP contribution in [-0.2, 0) is 0 Å². The van der Waals surface area contributed by atoms with Crippen LogP contribution in [0.15, 0.2) is 18.2 Å². The average molecular weight is 334 g/mol. The highest BCUT2D eigenvalue weighted by Gasteiger charge is 2.14. The van der Waals surface area contributed by atoms with Crippen LogP contribution in [0.4, 0.5) is 0 Å². The van der Waals surface area contributed by atoms with Gasteiger partial charge in [0.1, 0.15) is 18.5 Å². The van der Waals surface area contributed by atoms with E-state index in [0.717, 1.165) is 12.8 Å². The zero-order valence-corrected chi connectivity index (χ0v) is 14.4. The summed E-state index contributed by atoms with van der Waals surface area (Å²) in [4.78, 5) is 0. The summed E-state index contributed by atoms with van der Waals surface area (Å²) in [6.07, 6.45) is 1.72. The third-order valence-electron chi connectivity index (χ3n) is 3.76. The summed E-state index contributed by atoms with van der Waals surface area (Å²) in [6.45, 7) is 7.27. The molecule has 1 aromatic rings. The predicted octanol–water partition coefficient (Wildman–Crippen LogP) is 4.15. The number of hydrogen-bond donors (Lipinski definition) is 2. The van der Waals surface area contributed by atoms with Crippen molar-refractivity contribution in [3.05, 3.63) is 28.2 Å². The fraction of sp³-hybridized carbons (Fsp3) is 0.625. The summed E-state index contributed by atoms with van der Waals surface area (Å²) in [7, 11) is 0. The molecule has 5 heteroatoms. The van der Waals surface area contributed by atoms with E-state index in [4.69, 9.17) is 27.9 Å². The SMILES string of the molecule is CCC(CC)C(C)NCC(O)COc1ccc(Cl)c(Cl)c1. The molecule has 0 radical (unpaired) electrons. The minimum atomic E-state index is -0.559. The predicted molar refractivity (Wildman–Crippen MR) is 89.5 cm³/mol. The Morgan fingerprint density at radius 1 is 1.19 bits per heavy atom. The second kappa shape index (κ2) is 9.52. The van der Waals surface area contributed by atoms with E-state index >= 15 is 0 Å². The smallest absolute Gasteiger partial charge is 0.121 e. The first-order valence-corrected chi connectivity index (χ1v) is 8.22. The Hall–Kier alpha value is -0.480. The van der Waals surface area contributed by atoms with Crippen LogP contribution in [0.3, 0.4) is 0 Å². The van der Waals surface area contributed by atoms with Crippen molar-refractivity contribution in [1.82, 2.24) is 5.32 Å². The summed E-state index contributed by atoms with van der Waals surface area (Å²) in [5, 5.41) is 14.3. The first-order chi connectivity index (χ1) is 9.97. The number of aliphatic hydroxyl groups is 1. The molecule has 0 heterocycles.